The van der Waals surface area contributed by atoms with Crippen molar-refractivity contribution in [3.8, 4) is 0 Å². The largest absolute Gasteiger partial charge is 0.348 e. The molecule has 3 aromatic rings. The third kappa shape index (κ3) is 4.47. The number of nitrogens with one attached hydrogen (secondary N) is 2. The molecule has 3 rings (SSSR count). The van der Waals surface area contributed by atoms with Gasteiger partial charge in [0, 0.05) is 44.1 Å². The summed E-state index contributed by atoms with van der Waals surface area (Å²) in [6.07, 6.45) is 8.15. The third-order valence-corrected chi connectivity index (χ3v) is 3.62. The number of carbonyl (C=O) groups excluding carboxylic acids is 2. The van der Waals surface area contributed by atoms with Crippen LogP contribution in [0.3, 0.4) is 0 Å². The molecule has 26 heavy (non-hydrogen) atoms. The molecule has 0 unspecified atom stereocenters. The van der Waals surface area contributed by atoms with Gasteiger partial charge in [-0.2, -0.15) is 0 Å². The van der Waals surface area contributed by atoms with Gasteiger partial charge < -0.3 is 10.6 Å². The molecular weight excluding hydrogens is 330 g/mol. The number of aromatic nitrogens is 3. The fourth-order valence-electron chi connectivity index (χ4n) is 2.32. The number of pyridine rings is 3. The molecule has 0 bridgehead atoms. The van der Waals surface area contributed by atoms with Crippen molar-refractivity contribution in [2.24, 2.45) is 0 Å². The van der Waals surface area contributed by atoms with Crippen molar-refractivity contribution in [2.45, 2.75) is 13.1 Å². The van der Waals surface area contributed by atoms with E-state index in [4.69, 9.17) is 0 Å². The minimum absolute atomic E-state index is 0.0834. The van der Waals surface area contributed by atoms with Gasteiger partial charge in [0.15, 0.2) is 0 Å². The molecule has 0 fully saturated rings. The van der Waals surface area contributed by atoms with Gasteiger partial charge in [0.05, 0.1) is 5.56 Å². The summed E-state index contributed by atoms with van der Waals surface area (Å²) in [6.45, 7) is 0.623. The predicted molar refractivity (Wildman–Crippen MR) is 95.1 cm³/mol. The van der Waals surface area contributed by atoms with E-state index in [1.807, 2.05) is 12.1 Å². The van der Waals surface area contributed by atoms with Gasteiger partial charge in [0.2, 0.25) is 0 Å². The lowest BCUT2D eigenvalue weighted by molar-refractivity contribution is 0.0912. The van der Waals surface area contributed by atoms with Crippen molar-refractivity contribution in [3.05, 3.63) is 89.8 Å². The third-order valence-electron chi connectivity index (χ3n) is 3.62. The standard InChI is InChI=1S/C19H17N5O2/c25-18(23-12-14-4-1-7-20-10-14)16-6-3-9-22-17(16)19(26)24-13-15-5-2-8-21-11-15/h1-11H,12-13H2,(H,23,25)(H,24,26). The molecule has 0 aromatic carbocycles. The molecule has 7 heteroatoms. The monoisotopic (exact) mass is 347 g/mol. The number of amides is 2. The van der Waals surface area contributed by atoms with Crippen LogP contribution in [0.25, 0.3) is 0 Å². The van der Waals surface area contributed by atoms with E-state index in [1.54, 1.807) is 49.1 Å². The van der Waals surface area contributed by atoms with Gasteiger partial charge in [-0.05, 0) is 35.4 Å². The Morgan fingerprint density at radius 2 is 1.35 bits per heavy atom. The summed E-state index contributed by atoms with van der Waals surface area (Å²) in [5.41, 5.74) is 2.03. The lowest BCUT2D eigenvalue weighted by atomic mass is 10.1. The summed E-state index contributed by atoms with van der Waals surface area (Å²) in [6, 6.07) is 10.5. The Hall–Kier alpha value is -3.61. The Kier molecular flexibility index (Phi) is 5.61. The smallest absolute Gasteiger partial charge is 0.270 e. The Morgan fingerprint density at radius 3 is 1.92 bits per heavy atom. The van der Waals surface area contributed by atoms with Gasteiger partial charge in [0.1, 0.15) is 5.69 Å². The number of hydrogen-bond donors (Lipinski definition) is 2. The fourth-order valence-corrected chi connectivity index (χ4v) is 2.32. The van der Waals surface area contributed by atoms with Crippen LogP contribution >= 0.6 is 0 Å². The maximum Gasteiger partial charge on any atom is 0.270 e. The Labute approximate surface area is 150 Å². The SMILES string of the molecule is O=C(NCc1cccnc1)c1cccnc1C(=O)NCc1cccnc1. The maximum atomic E-state index is 12.5. The molecule has 2 amide bonds. The number of hydrogen-bond acceptors (Lipinski definition) is 5. The molecule has 0 spiro atoms. The second-order valence-electron chi connectivity index (χ2n) is 5.49. The van der Waals surface area contributed by atoms with E-state index in [2.05, 4.69) is 25.6 Å². The molecule has 3 aromatic heterocycles. The van der Waals surface area contributed by atoms with Crippen molar-refractivity contribution >= 4 is 11.8 Å². The Balaban J connectivity index is 1.66. The van der Waals surface area contributed by atoms with E-state index >= 15 is 0 Å². The fraction of sp³-hybridized carbons (Fsp3) is 0.105. The predicted octanol–water partition coefficient (Wildman–Crippen LogP) is 1.73. The van der Waals surface area contributed by atoms with Crippen molar-refractivity contribution < 1.29 is 9.59 Å². The average molecular weight is 347 g/mol. The molecule has 130 valence electrons. The van der Waals surface area contributed by atoms with Gasteiger partial charge in [-0.1, -0.05) is 12.1 Å². The highest BCUT2D eigenvalue weighted by Gasteiger charge is 2.18. The van der Waals surface area contributed by atoms with E-state index in [1.165, 1.54) is 6.20 Å². The molecule has 0 aliphatic rings. The van der Waals surface area contributed by atoms with Crippen LogP contribution in [-0.2, 0) is 13.1 Å². The highest BCUT2D eigenvalue weighted by Crippen LogP contribution is 2.07. The zero-order chi connectivity index (χ0) is 18.2. The highest BCUT2D eigenvalue weighted by molar-refractivity contribution is 6.05. The number of rotatable bonds is 6. The Morgan fingerprint density at radius 1 is 0.769 bits per heavy atom. The van der Waals surface area contributed by atoms with E-state index in [9.17, 15) is 9.59 Å². The van der Waals surface area contributed by atoms with Gasteiger partial charge in [-0.15, -0.1) is 0 Å². The van der Waals surface area contributed by atoms with Crippen molar-refractivity contribution in [1.82, 2.24) is 25.6 Å². The van der Waals surface area contributed by atoms with Crippen molar-refractivity contribution in [1.29, 1.82) is 0 Å². The maximum absolute atomic E-state index is 12.5. The van der Waals surface area contributed by atoms with E-state index in [-0.39, 0.29) is 17.2 Å². The Bertz CT molecular complexity index is 810. The van der Waals surface area contributed by atoms with Crippen LogP contribution in [-0.4, -0.2) is 26.8 Å². The molecule has 0 aliphatic heterocycles. The molecule has 2 N–H and O–H groups in total. The molecule has 0 atom stereocenters. The van der Waals surface area contributed by atoms with Gasteiger partial charge in [-0.25, -0.2) is 0 Å². The summed E-state index contributed by atoms with van der Waals surface area (Å²) in [5.74, 6) is -0.783. The number of carbonyl (C=O) groups is 2. The molecule has 7 nitrogen and oxygen atoms in total. The van der Waals surface area contributed by atoms with E-state index in [0.29, 0.717) is 13.1 Å². The average Bonchev–Trinajstić information content (AvgIpc) is 2.72. The van der Waals surface area contributed by atoms with Gasteiger partial charge in [-0.3, -0.25) is 24.5 Å². The molecule has 3 heterocycles. The first-order valence-corrected chi connectivity index (χ1v) is 8.03. The summed E-state index contributed by atoms with van der Waals surface area (Å²) >= 11 is 0. The minimum atomic E-state index is -0.416. The summed E-state index contributed by atoms with van der Waals surface area (Å²) in [7, 11) is 0. The quantitative estimate of drug-likeness (QED) is 0.708. The first-order valence-electron chi connectivity index (χ1n) is 8.03. The molecule has 0 saturated heterocycles. The van der Waals surface area contributed by atoms with Crippen LogP contribution in [0.15, 0.2) is 67.4 Å². The van der Waals surface area contributed by atoms with Crippen LogP contribution in [0.2, 0.25) is 0 Å². The topological polar surface area (TPSA) is 96.9 Å². The van der Waals surface area contributed by atoms with Crippen molar-refractivity contribution in [3.63, 3.8) is 0 Å². The normalized spacial score (nSPS) is 10.2. The summed E-state index contributed by atoms with van der Waals surface area (Å²) < 4.78 is 0. The first-order chi connectivity index (χ1) is 12.7. The molecule has 0 radical (unpaired) electrons. The van der Waals surface area contributed by atoms with E-state index in [0.717, 1.165) is 11.1 Å². The van der Waals surface area contributed by atoms with Crippen LogP contribution in [0.5, 0.6) is 0 Å². The second kappa shape index (κ2) is 8.48. The van der Waals surface area contributed by atoms with Crippen LogP contribution in [0, 0.1) is 0 Å². The van der Waals surface area contributed by atoms with Crippen LogP contribution < -0.4 is 10.6 Å². The zero-order valence-electron chi connectivity index (χ0n) is 13.9. The van der Waals surface area contributed by atoms with Gasteiger partial charge >= 0.3 is 0 Å². The second-order valence-corrected chi connectivity index (χ2v) is 5.49. The lowest BCUT2D eigenvalue weighted by Crippen LogP contribution is -2.30. The minimum Gasteiger partial charge on any atom is -0.348 e. The van der Waals surface area contributed by atoms with Crippen LogP contribution in [0.1, 0.15) is 32.0 Å². The molecule has 0 aliphatic carbocycles. The molecule has 0 saturated carbocycles. The summed E-state index contributed by atoms with van der Waals surface area (Å²) in [4.78, 5) is 37.0. The lowest BCUT2D eigenvalue weighted by Gasteiger charge is -2.10. The molecular formula is C19H17N5O2. The van der Waals surface area contributed by atoms with Crippen LogP contribution in [0.4, 0.5) is 0 Å². The van der Waals surface area contributed by atoms with E-state index < -0.39 is 5.91 Å². The highest BCUT2D eigenvalue weighted by atomic mass is 16.2. The number of nitrogens with zero attached hydrogens (tertiary/aromatic N) is 3. The summed E-state index contributed by atoms with van der Waals surface area (Å²) in [5, 5.41) is 5.53. The van der Waals surface area contributed by atoms with Gasteiger partial charge in [0.25, 0.3) is 11.8 Å². The van der Waals surface area contributed by atoms with Crippen molar-refractivity contribution in [2.75, 3.05) is 0 Å². The zero-order valence-corrected chi connectivity index (χ0v) is 13.9. The first kappa shape index (κ1) is 17.2.